The summed E-state index contributed by atoms with van der Waals surface area (Å²) in [6.45, 7) is 1.89. The van der Waals surface area contributed by atoms with Crippen LogP contribution in [-0.2, 0) is 0 Å². The van der Waals surface area contributed by atoms with Crippen LogP contribution in [0.2, 0.25) is 0 Å². The molecule has 0 saturated heterocycles. The molecule has 88 valence electrons. The summed E-state index contributed by atoms with van der Waals surface area (Å²) in [5, 5.41) is 21.2. The summed E-state index contributed by atoms with van der Waals surface area (Å²) < 4.78 is 0. The Labute approximate surface area is 106 Å². The number of nitriles is 1. The highest BCUT2D eigenvalue weighted by atomic mass is 16.4. The summed E-state index contributed by atoms with van der Waals surface area (Å²) in [5.41, 5.74) is 3.76. The summed E-state index contributed by atoms with van der Waals surface area (Å²) in [5.74, 6) is 0. The van der Waals surface area contributed by atoms with Gasteiger partial charge in [0.2, 0.25) is 0 Å². The van der Waals surface area contributed by atoms with Crippen LogP contribution in [0.15, 0.2) is 64.9 Å². The fraction of sp³-hybridized carbons (Fsp3) is 0.0667. The molecule has 0 saturated carbocycles. The minimum absolute atomic E-state index is 0.488. The lowest BCUT2D eigenvalue weighted by atomic mass is 9.92. The van der Waals surface area contributed by atoms with Crippen LogP contribution in [0.1, 0.15) is 12.5 Å². The zero-order chi connectivity index (χ0) is 13.0. The van der Waals surface area contributed by atoms with Crippen LogP contribution in [0.3, 0.4) is 0 Å². The van der Waals surface area contributed by atoms with Gasteiger partial charge in [-0.05, 0) is 35.8 Å². The van der Waals surface area contributed by atoms with Gasteiger partial charge in [0.05, 0.1) is 5.57 Å². The minimum Gasteiger partial charge on any atom is -0.410 e. The monoisotopic (exact) mass is 236 g/mol. The van der Waals surface area contributed by atoms with Gasteiger partial charge in [-0.3, -0.25) is 0 Å². The highest BCUT2D eigenvalue weighted by Crippen LogP contribution is 2.26. The number of oxime groups is 1. The predicted molar refractivity (Wildman–Crippen MR) is 71.1 cm³/mol. The Bertz CT molecular complexity index is 614. The molecule has 1 aliphatic carbocycles. The van der Waals surface area contributed by atoms with Crippen molar-refractivity contribution in [1.29, 1.82) is 5.26 Å². The van der Waals surface area contributed by atoms with Gasteiger partial charge in [0.1, 0.15) is 11.8 Å². The van der Waals surface area contributed by atoms with Crippen molar-refractivity contribution in [3.63, 3.8) is 0 Å². The van der Waals surface area contributed by atoms with E-state index < -0.39 is 0 Å². The predicted octanol–water partition coefficient (Wildman–Crippen LogP) is 3.31. The lowest BCUT2D eigenvalue weighted by Gasteiger charge is -2.11. The summed E-state index contributed by atoms with van der Waals surface area (Å²) in [7, 11) is 0. The van der Waals surface area contributed by atoms with Gasteiger partial charge < -0.3 is 5.21 Å². The molecule has 0 heterocycles. The molecule has 1 aliphatic rings. The first-order valence-electron chi connectivity index (χ1n) is 5.55. The van der Waals surface area contributed by atoms with Crippen molar-refractivity contribution in [1.82, 2.24) is 0 Å². The Balaban J connectivity index is 2.55. The van der Waals surface area contributed by atoms with E-state index >= 15 is 0 Å². The first-order valence-corrected chi connectivity index (χ1v) is 5.55. The standard InChI is InChI=1S/C15H12N2O/c1-11-9-13(17-18)7-8-14(11)15(10-16)12-5-3-2-4-6-12/h2-9,18H,1H3/b15-14+,17-13-. The van der Waals surface area contributed by atoms with E-state index in [0.29, 0.717) is 11.3 Å². The van der Waals surface area contributed by atoms with Crippen LogP contribution < -0.4 is 0 Å². The summed E-state index contributed by atoms with van der Waals surface area (Å²) in [6, 6.07) is 11.8. The zero-order valence-corrected chi connectivity index (χ0v) is 9.96. The largest absolute Gasteiger partial charge is 0.410 e. The maximum atomic E-state index is 9.32. The molecule has 0 fully saturated rings. The molecule has 0 aliphatic heterocycles. The van der Waals surface area contributed by atoms with Gasteiger partial charge in [0, 0.05) is 0 Å². The highest BCUT2D eigenvalue weighted by molar-refractivity contribution is 6.07. The number of hydrogen-bond donors (Lipinski definition) is 1. The molecular weight excluding hydrogens is 224 g/mol. The molecule has 0 amide bonds. The van der Waals surface area contributed by atoms with E-state index in [2.05, 4.69) is 11.2 Å². The molecule has 0 bridgehead atoms. The first-order chi connectivity index (χ1) is 8.76. The maximum absolute atomic E-state index is 9.32. The quantitative estimate of drug-likeness (QED) is 0.462. The molecule has 0 unspecified atom stereocenters. The lowest BCUT2D eigenvalue weighted by molar-refractivity contribution is 0.320. The van der Waals surface area contributed by atoms with E-state index in [9.17, 15) is 5.26 Å². The number of benzene rings is 1. The number of hydrogen-bond acceptors (Lipinski definition) is 3. The Kier molecular flexibility index (Phi) is 3.40. The van der Waals surface area contributed by atoms with E-state index in [0.717, 1.165) is 16.7 Å². The van der Waals surface area contributed by atoms with Gasteiger partial charge in [-0.25, -0.2) is 0 Å². The molecule has 18 heavy (non-hydrogen) atoms. The fourth-order valence-corrected chi connectivity index (χ4v) is 1.88. The van der Waals surface area contributed by atoms with Gasteiger partial charge in [-0.1, -0.05) is 41.6 Å². The molecule has 0 radical (unpaired) electrons. The molecule has 3 nitrogen and oxygen atoms in total. The van der Waals surface area contributed by atoms with Gasteiger partial charge in [-0.2, -0.15) is 5.26 Å². The van der Waals surface area contributed by atoms with E-state index in [-0.39, 0.29) is 0 Å². The van der Waals surface area contributed by atoms with E-state index in [1.54, 1.807) is 18.2 Å². The van der Waals surface area contributed by atoms with Gasteiger partial charge >= 0.3 is 0 Å². The van der Waals surface area contributed by atoms with Crippen LogP contribution in [-0.4, -0.2) is 10.9 Å². The minimum atomic E-state index is 0.488. The Morgan fingerprint density at radius 3 is 2.50 bits per heavy atom. The SMILES string of the molecule is CC1=CC(=N\O)/C=CC/1=C(/C#N)c1ccccc1. The van der Waals surface area contributed by atoms with Gasteiger partial charge in [-0.15, -0.1) is 0 Å². The van der Waals surface area contributed by atoms with Crippen molar-refractivity contribution in [2.24, 2.45) is 5.16 Å². The molecule has 0 spiro atoms. The van der Waals surface area contributed by atoms with E-state index in [1.807, 2.05) is 37.3 Å². The summed E-state index contributed by atoms with van der Waals surface area (Å²) in [4.78, 5) is 0. The van der Waals surface area contributed by atoms with E-state index in [1.165, 1.54) is 0 Å². The van der Waals surface area contributed by atoms with Crippen LogP contribution in [0.25, 0.3) is 5.57 Å². The average Bonchev–Trinajstić information content (AvgIpc) is 2.42. The van der Waals surface area contributed by atoms with Crippen LogP contribution >= 0.6 is 0 Å². The smallest absolute Gasteiger partial charge is 0.102 e. The maximum Gasteiger partial charge on any atom is 0.102 e. The second kappa shape index (κ2) is 5.15. The zero-order valence-electron chi connectivity index (χ0n) is 9.96. The Hall–Kier alpha value is -2.60. The van der Waals surface area contributed by atoms with Crippen molar-refractivity contribution >= 4 is 11.3 Å². The topological polar surface area (TPSA) is 56.4 Å². The van der Waals surface area contributed by atoms with Gasteiger partial charge in [0.25, 0.3) is 0 Å². The van der Waals surface area contributed by atoms with Crippen molar-refractivity contribution in [2.75, 3.05) is 0 Å². The average molecular weight is 236 g/mol. The number of nitrogens with zero attached hydrogens (tertiary/aromatic N) is 2. The third-order valence-electron chi connectivity index (χ3n) is 2.77. The molecule has 3 heteroatoms. The lowest BCUT2D eigenvalue weighted by Crippen LogP contribution is -2.00. The van der Waals surface area contributed by atoms with Crippen LogP contribution in [0.5, 0.6) is 0 Å². The third-order valence-corrected chi connectivity index (χ3v) is 2.77. The molecule has 0 atom stereocenters. The molecule has 0 aromatic heterocycles. The molecule has 2 rings (SSSR count). The summed E-state index contributed by atoms with van der Waals surface area (Å²) in [6.07, 6.45) is 5.23. The number of rotatable bonds is 1. The second-order valence-corrected chi connectivity index (χ2v) is 3.95. The molecule has 1 aromatic rings. The van der Waals surface area contributed by atoms with Crippen molar-refractivity contribution < 1.29 is 5.21 Å². The third kappa shape index (κ3) is 2.23. The normalized spacial score (nSPS) is 19.3. The number of allylic oxidation sites excluding steroid dienone is 6. The molecular formula is C15H12N2O. The molecule has 1 aromatic carbocycles. The van der Waals surface area contributed by atoms with Crippen molar-refractivity contribution in [3.05, 3.63) is 65.3 Å². The second-order valence-electron chi connectivity index (χ2n) is 3.95. The van der Waals surface area contributed by atoms with Crippen LogP contribution in [0.4, 0.5) is 0 Å². The Morgan fingerprint density at radius 1 is 1.22 bits per heavy atom. The van der Waals surface area contributed by atoms with Crippen LogP contribution in [0, 0.1) is 11.3 Å². The van der Waals surface area contributed by atoms with Crippen molar-refractivity contribution in [3.8, 4) is 6.07 Å². The fourth-order valence-electron chi connectivity index (χ4n) is 1.88. The van der Waals surface area contributed by atoms with Gasteiger partial charge in [0.15, 0.2) is 0 Å². The summed E-state index contributed by atoms with van der Waals surface area (Å²) >= 11 is 0. The molecule has 1 N–H and O–H groups in total. The van der Waals surface area contributed by atoms with Crippen molar-refractivity contribution in [2.45, 2.75) is 6.92 Å². The highest BCUT2D eigenvalue weighted by Gasteiger charge is 2.12. The Morgan fingerprint density at radius 2 is 1.94 bits per heavy atom. The van der Waals surface area contributed by atoms with E-state index in [4.69, 9.17) is 5.21 Å². The first kappa shape index (κ1) is 11.9.